The minimum atomic E-state index is -4.24. The quantitative estimate of drug-likeness (QED) is 0.0502. The standard InChI is InChI=1S/C28H58NO7P/c1-5-6-7-8-9-10-11-12-13-14-15-16-17-18-19-20-21-22-28(31)34-25-27(30)26-36-37(32,33)35-24-23-29(2,3)4/h27,30H,5-26H2,1-4H3/p+1. The van der Waals surface area contributed by atoms with Crippen molar-refractivity contribution in [3.63, 3.8) is 0 Å². The van der Waals surface area contributed by atoms with Crippen LogP contribution in [0.2, 0.25) is 0 Å². The van der Waals surface area contributed by atoms with Gasteiger partial charge in [-0.15, -0.1) is 0 Å². The van der Waals surface area contributed by atoms with Crippen LogP contribution in [-0.4, -0.2) is 74.1 Å². The number of nitrogens with zero attached hydrogens (tertiary/aromatic N) is 1. The highest BCUT2D eigenvalue weighted by molar-refractivity contribution is 7.47. The van der Waals surface area contributed by atoms with Crippen molar-refractivity contribution >= 4 is 13.8 Å². The Bertz CT molecular complexity index is 583. The molecule has 0 radical (unpaired) electrons. The third kappa shape index (κ3) is 28.3. The van der Waals surface area contributed by atoms with Crippen LogP contribution in [0.3, 0.4) is 0 Å². The number of phosphoric ester groups is 1. The fourth-order valence-electron chi connectivity index (χ4n) is 3.95. The van der Waals surface area contributed by atoms with Gasteiger partial charge in [-0.05, 0) is 6.42 Å². The summed E-state index contributed by atoms with van der Waals surface area (Å²) in [6.45, 7) is 2.15. The van der Waals surface area contributed by atoms with Crippen LogP contribution in [-0.2, 0) is 23.1 Å². The molecule has 0 rings (SSSR count). The first-order valence-corrected chi connectivity index (χ1v) is 16.3. The molecule has 2 N–H and O–H groups in total. The van der Waals surface area contributed by atoms with Crippen molar-refractivity contribution in [1.82, 2.24) is 0 Å². The number of ether oxygens (including phenoxy) is 1. The summed E-state index contributed by atoms with van der Waals surface area (Å²) in [6.07, 6.45) is 21.0. The smallest absolute Gasteiger partial charge is 0.463 e. The van der Waals surface area contributed by atoms with Gasteiger partial charge in [-0.1, -0.05) is 110 Å². The van der Waals surface area contributed by atoms with Gasteiger partial charge in [-0.25, -0.2) is 4.57 Å². The Morgan fingerprint density at radius 2 is 1.16 bits per heavy atom. The summed E-state index contributed by atoms with van der Waals surface area (Å²) >= 11 is 0. The first kappa shape index (κ1) is 36.5. The van der Waals surface area contributed by atoms with Crippen LogP contribution in [0.1, 0.15) is 122 Å². The number of aliphatic hydroxyl groups is 1. The van der Waals surface area contributed by atoms with Gasteiger partial charge >= 0.3 is 13.8 Å². The van der Waals surface area contributed by atoms with Gasteiger partial charge in [0, 0.05) is 6.42 Å². The lowest BCUT2D eigenvalue weighted by Gasteiger charge is -2.24. The monoisotopic (exact) mass is 552 g/mol. The normalized spacial score (nSPS) is 14.4. The molecule has 0 aliphatic rings. The first-order valence-electron chi connectivity index (χ1n) is 14.8. The van der Waals surface area contributed by atoms with E-state index in [4.69, 9.17) is 13.8 Å². The number of carbonyl (C=O) groups excluding carboxylic acids is 1. The van der Waals surface area contributed by atoms with Crippen LogP contribution in [0, 0.1) is 0 Å². The Balaban J connectivity index is 3.48. The Hall–Kier alpha value is -0.500. The number of likely N-dealkylation sites (N-methyl/N-ethyl adjacent to an activating group) is 1. The van der Waals surface area contributed by atoms with Gasteiger partial charge in [-0.2, -0.15) is 0 Å². The topological polar surface area (TPSA) is 102 Å². The van der Waals surface area contributed by atoms with Crippen molar-refractivity contribution in [2.75, 3.05) is 47.5 Å². The third-order valence-electron chi connectivity index (χ3n) is 6.37. The van der Waals surface area contributed by atoms with E-state index in [9.17, 15) is 19.4 Å². The van der Waals surface area contributed by atoms with E-state index in [1.165, 1.54) is 89.9 Å². The maximum atomic E-state index is 11.8. The zero-order valence-corrected chi connectivity index (χ0v) is 25.4. The number of unbranched alkanes of at least 4 members (excludes halogenated alkanes) is 16. The van der Waals surface area contributed by atoms with Crippen molar-refractivity contribution in [3.8, 4) is 0 Å². The van der Waals surface area contributed by atoms with E-state index in [-0.39, 0.29) is 19.2 Å². The van der Waals surface area contributed by atoms with E-state index < -0.39 is 20.5 Å². The van der Waals surface area contributed by atoms with E-state index in [1.807, 2.05) is 21.1 Å². The zero-order valence-electron chi connectivity index (χ0n) is 24.5. The van der Waals surface area contributed by atoms with Gasteiger partial charge in [0.1, 0.15) is 25.9 Å². The molecule has 0 aliphatic heterocycles. The Morgan fingerprint density at radius 3 is 1.59 bits per heavy atom. The summed E-state index contributed by atoms with van der Waals surface area (Å²) < 4.78 is 27.1. The van der Waals surface area contributed by atoms with Gasteiger partial charge in [0.05, 0.1) is 27.7 Å². The van der Waals surface area contributed by atoms with E-state index in [1.54, 1.807) is 0 Å². The lowest BCUT2D eigenvalue weighted by atomic mass is 10.0. The zero-order chi connectivity index (χ0) is 27.8. The largest absolute Gasteiger partial charge is 0.472 e. The molecule has 0 fully saturated rings. The van der Waals surface area contributed by atoms with Gasteiger partial charge in [0.2, 0.25) is 0 Å². The lowest BCUT2D eigenvalue weighted by molar-refractivity contribution is -0.870. The fourth-order valence-corrected chi connectivity index (χ4v) is 4.70. The van der Waals surface area contributed by atoms with E-state index in [0.717, 1.165) is 19.3 Å². The maximum Gasteiger partial charge on any atom is 0.472 e. The molecule has 2 unspecified atom stereocenters. The second-order valence-electron chi connectivity index (χ2n) is 11.4. The predicted octanol–water partition coefficient (Wildman–Crippen LogP) is 6.77. The molecule has 2 atom stereocenters. The van der Waals surface area contributed by atoms with Crippen molar-refractivity contribution < 1.29 is 37.6 Å². The number of aliphatic hydroxyl groups excluding tert-OH is 1. The molecular weight excluding hydrogens is 493 g/mol. The molecule has 0 heterocycles. The molecule has 0 aromatic carbocycles. The maximum absolute atomic E-state index is 11.8. The highest BCUT2D eigenvalue weighted by Gasteiger charge is 2.24. The third-order valence-corrected chi connectivity index (χ3v) is 7.35. The first-order chi connectivity index (χ1) is 17.6. The highest BCUT2D eigenvalue weighted by atomic mass is 31.2. The lowest BCUT2D eigenvalue weighted by Crippen LogP contribution is -2.37. The minimum absolute atomic E-state index is 0.0573. The number of quaternary nitrogens is 1. The molecule has 0 aliphatic carbocycles. The summed E-state index contributed by atoms with van der Waals surface area (Å²) in [5.41, 5.74) is 0. The molecule has 0 saturated carbocycles. The average molecular weight is 553 g/mol. The Labute approximate surface area is 227 Å². The van der Waals surface area contributed by atoms with E-state index in [2.05, 4.69) is 6.92 Å². The summed E-state index contributed by atoms with van der Waals surface area (Å²) in [6, 6.07) is 0. The summed E-state index contributed by atoms with van der Waals surface area (Å²) in [4.78, 5) is 21.5. The SMILES string of the molecule is CCCCCCCCCCCCCCCCCCCC(=O)OCC(O)COP(=O)(O)OCC[N+](C)(C)C. The Kier molecular flexibility index (Phi) is 23.1. The molecular formula is C28H59NO7P+. The molecule has 222 valence electrons. The molecule has 0 aromatic heterocycles. The molecule has 0 spiro atoms. The molecule has 0 saturated heterocycles. The van der Waals surface area contributed by atoms with Crippen LogP contribution in [0.25, 0.3) is 0 Å². The van der Waals surface area contributed by atoms with Crippen LogP contribution in [0.4, 0.5) is 0 Å². The molecule has 8 nitrogen and oxygen atoms in total. The minimum Gasteiger partial charge on any atom is -0.463 e. The van der Waals surface area contributed by atoms with Crippen LogP contribution in [0.5, 0.6) is 0 Å². The number of hydrogen-bond acceptors (Lipinski definition) is 6. The molecule has 37 heavy (non-hydrogen) atoms. The Morgan fingerprint density at radius 1 is 0.730 bits per heavy atom. The number of rotatable bonds is 27. The van der Waals surface area contributed by atoms with Crippen molar-refractivity contribution in [3.05, 3.63) is 0 Å². The molecule has 0 amide bonds. The number of carbonyl (C=O) groups is 1. The predicted molar refractivity (Wildman–Crippen MR) is 150 cm³/mol. The van der Waals surface area contributed by atoms with Crippen LogP contribution < -0.4 is 0 Å². The van der Waals surface area contributed by atoms with Crippen molar-refractivity contribution in [2.24, 2.45) is 0 Å². The van der Waals surface area contributed by atoms with E-state index in [0.29, 0.717) is 17.4 Å². The molecule has 0 bridgehead atoms. The number of esters is 1. The van der Waals surface area contributed by atoms with Gasteiger partial charge < -0.3 is 19.2 Å². The van der Waals surface area contributed by atoms with Gasteiger partial charge in [0.25, 0.3) is 0 Å². The van der Waals surface area contributed by atoms with Gasteiger partial charge in [-0.3, -0.25) is 13.8 Å². The fraction of sp³-hybridized carbons (Fsp3) is 0.964. The average Bonchev–Trinajstić information content (AvgIpc) is 2.82. The van der Waals surface area contributed by atoms with Crippen molar-refractivity contribution in [1.29, 1.82) is 0 Å². The van der Waals surface area contributed by atoms with Gasteiger partial charge in [0.15, 0.2) is 0 Å². The second kappa shape index (κ2) is 23.4. The molecule has 9 heteroatoms. The van der Waals surface area contributed by atoms with Crippen molar-refractivity contribution in [2.45, 2.75) is 129 Å². The van der Waals surface area contributed by atoms with Crippen LogP contribution >= 0.6 is 7.82 Å². The number of phosphoric acid groups is 1. The summed E-state index contributed by atoms with van der Waals surface area (Å²) in [5, 5.41) is 9.84. The number of hydrogen-bond donors (Lipinski definition) is 2. The molecule has 0 aromatic rings. The highest BCUT2D eigenvalue weighted by Crippen LogP contribution is 2.43. The summed E-state index contributed by atoms with van der Waals surface area (Å²) in [5.74, 6) is -0.369. The van der Waals surface area contributed by atoms with E-state index >= 15 is 0 Å². The van der Waals surface area contributed by atoms with Crippen LogP contribution in [0.15, 0.2) is 0 Å². The summed E-state index contributed by atoms with van der Waals surface area (Å²) in [7, 11) is 1.57. The second-order valence-corrected chi connectivity index (χ2v) is 12.8.